The van der Waals surface area contributed by atoms with E-state index in [-0.39, 0.29) is 16.5 Å². The van der Waals surface area contributed by atoms with E-state index in [1.807, 2.05) is 0 Å². The first-order valence-electron chi connectivity index (χ1n) is 5.69. The largest absolute Gasteiger partial charge is 0.480 e. The van der Waals surface area contributed by atoms with Crippen molar-refractivity contribution in [1.29, 1.82) is 0 Å². The standard InChI is InChI=1S/C12H16ClNO5S/c1-8(12(15)16)14(2)20(17,18)11-5-9(7-19-3)4-10(13)6-11/h4-6,8H,7H2,1-3H3,(H,15,16). The normalized spacial score (nSPS) is 13.4. The third-order valence-electron chi connectivity index (χ3n) is 2.82. The van der Waals surface area contributed by atoms with Gasteiger partial charge in [-0.25, -0.2) is 8.42 Å². The summed E-state index contributed by atoms with van der Waals surface area (Å²) in [6, 6.07) is 3.10. The zero-order valence-corrected chi connectivity index (χ0v) is 12.9. The summed E-state index contributed by atoms with van der Waals surface area (Å²) in [6.07, 6.45) is 0. The summed E-state index contributed by atoms with van der Waals surface area (Å²) < 4.78 is 30.4. The maximum Gasteiger partial charge on any atom is 0.321 e. The van der Waals surface area contributed by atoms with E-state index >= 15 is 0 Å². The van der Waals surface area contributed by atoms with Crippen molar-refractivity contribution >= 4 is 27.6 Å². The van der Waals surface area contributed by atoms with Crippen LogP contribution in [0.15, 0.2) is 23.1 Å². The first-order chi connectivity index (χ1) is 9.20. The molecule has 0 amide bonds. The van der Waals surface area contributed by atoms with Crippen molar-refractivity contribution in [2.75, 3.05) is 14.2 Å². The van der Waals surface area contributed by atoms with Crippen molar-refractivity contribution in [3.8, 4) is 0 Å². The van der Waals surface area contributed by atoms with Gasteiger partial charge in [0.15, 0.2) is 0 Å². The predicted octanol–water partition coefficient (Wildman–Crippen LogP) is 1.58. The highest BCUT2D eigenvalue weighted by Crippen LogP contribution is 2.23. The van der Waals surface area contributed by atoms with Crippen molar-refractivity contribution < 1.29 is 23.1 Å². The molecule has 1 aromatic rings. The molecule has 0 heterocycles. The number of benzene rings is 1. The van der Waals surface area contributed by atoms with E-state index < -0.39 is 22.0 Å². The summed E-state index contributed by atoms with van der Waals surface area (Å²) in [5.74, 6) is -1.23. The molecule has 1 unspecified atom stereocenters. The van der Waals surface area contributed by atoms with Gasteiger partial charge in [0.25, 0.3) is 0 Å². The Labute approximate surface area is 123 Å². The average Bonchev–Trinajstić information content (AvgIpc) is 2.36. The quantitative estimate of drug-likeness (QED) is 0.860. The molecule has 8 heteroatoms. The van der Waals surface area contributed by atoms with Crippen molar-refractivity contribution in [3.63, 3.8) is 0 Å². The lowest BCUT2D eigenvalue weighted by atomic mass is 10.2. The van der Waals surface area contributed by atoms with E-state index in [4.69, 9.17) is 21.4 Å². The minimum atomic E-state index is -3.93. The number of ether oxygens (including phenoxy) is 1. The summed E-state index contributed by atoms with van der Waals surface area (Å²) >= 11 is 5.88. The molecule has 1 N–H and O–H groups in total. The van der Waals surface area contributed by atoms with Crippen LogP contribution in [0.4, 0.5) is 0 Å². The number of carbonyl (C=O) groups is 1. The van der Waals surface area contributed by atoms with Crippen LogP contribution in [0.2, 0.25) is 5.02 Å². The van der Waals surface area contributed by atoms with Crippen LogP contribution in [0.3, 0.4) is 0 Å². The van der Waals surface area contributed by atoms with Crippen LogP contribution in [-0.2, 0) is 26.2 Å². The maximum absolute atomic E-state index is 12.3. The van der Waals surface area contributed by atoms with Gasteiger partial charge in [0.1, 0.15) is 6.04 Å². The molecule has 1 atom stereocenters. The van der Waals surface area contributed by atoms with E-state index in [2.05, 4.69) is 0 Å². The summed E-state index contributed by atoms with van der Waals surface area (Å²) in [6.45, 7) is 1.50. The molecule has 0 aliphatic rings. The highest BCUT2D eigenvalue weighted by atomic mass is 35.5. The van der Waals surface area contributed by atoms with Gasteiger partial charge in [-0.2, -0.15) is 4.31 Å². The third-order valence-corrected chi connectivity index (χ3v) is 4.95. The summed E-state index contributed by atoms with van der Waals surface area (Å²) in [5.41, 5.74) is 0.593. The number of hydrogen-bond donors (Lipinski definition) is 1. The number of carboxylic acids is 1. The molecule has 1 aromatic carbocycles. The van der Waals surface area contributed by atoms with Crippen LogP contribution >= 0.6 is 11.6 Å². The molecule has 6 nitrogen and oxygen atoms in total. The number of rotatable bonds is 6. The van der Waals surface area contributed by atoms with E-state index in [0.29, 0.717) is 5.56 Å². The number of aliphatic carboxylic acids is 1. The number of sulfonamides is 1. The molecule has 0 spiro atoms. The molecule has 1 rings (SSSR count). The molecular weight excluding hydrogens is 306 g/mol. The lowest BCUT2D eigenvalue weighted by Crippen LogP contribution is -2.40. The number of halogens is 1. The third kappa shape index (κ3) is 3.69. The lowest BCUT2D eigenvalue weighted by molar-refractivity contribution is -0.140. The predicted molar refractivity (Wildman–Crippen MR) is 74.2 cm³/mol. The molecular formula is C12H16ClNO5S. The lowest BCUT2D eigenvalue weighted by Gasteiger charge is -2.21. The van der Waals surface area contributed by atoms with E-state index in [0.717, 1.165) is 4.31 Å². The summed E-state index contributed by atoms with van der Waals surface area (Å²) in [4.78, 5) is 10.8. The first-order valence-corrected chi connectivity index (χ1v) is 7.51. The number of likely N-dealkylation sites (N-methyl/N-ethyl adjacent to an activating group) is 1. The highest BCUT2D eigenvalue weighted by Gasteiger charge is 2.29. The van der Waals surface area contributed by atoms with Gasteiger partial charge in [-0.3, -0.25) is 4.79 Å². The number of nitrogens with zero attached hydrogens (tertiary/aromatic N) is 1. The Balaban J connectivity index is 3.24. The number of carboxylic acid groups (broad SMARTS) is 1. The Morgan fingerprint density at radius 3 is 2.55 bits per heavy atom. The van der Waals surface area contributed by atoms with Crippen LogP contribution < -0.4 is 0 Å². The number of hydrogen-bond acceptors (Lipinski definition) is 4. The van der Waals surface area contributed by atoms with E-state index in [1.54, 1.807) is 6.07 Å². The molecule has 0 fully saturated rings. The molecule has 0 aliphatic heterocycles. The van der Waals surface area contributed by atoms with Gasteiger partial charge in [-0.05, 0) is 30.7 Å². The fraction of sp³-hybridized carbons (Fsp3) is 0.417. The molecule has 0 aromatic heterocycles. The van der Waals surface area contributed by atoms with Gasteiger partial charge in [0.05, 0.1) is 11.5 Å². The summed E-state index contributed by atoms with van der Waals surface area (Å²) in [5, 5.41) is 9.15. The van der Waals surface area contributed by atoms with Gasteiger partial charge in [0, 0.05) is 19.2 Å². The zero-order chi connectivity index (χ0) is 15.5. The van der Waals surface area contributed by atoms with Crippen LogP contribution in [0, 0.1) is 0 Å². The smallest absolute Gasteiger partial charge is 0.321 e. The Bertz CT molecular complexity index is 602. The number of methoxy groups -OCH3 is 1. The molecule has 0 bridgehead atoms. The first kappa shape index (κ1) is 16.9. The molecule has 0 saturated carbocycles. The average molecular weight is 322 g/mol. The van der Waals surface area contributed by atoms with E-state index in [9.17, 15) is 13.2 Å². The Morgan fingerprint density at radius 2 is 2.05 bits per heavy atom. The molecule has 0 radical (unpaired) electrons. The van der Waals surface area contributed by atoms with Crippen LogP contribution in [-0.4, -0.2) is 44.0 Å². The van der Waals surface area contributed by atoms with Crippen molar-refractivity contribution in [2.45, 2.75) is 24.5 Å². The van der Waals surface area contributed by atoms with Crippen molar-refractivity contribution in [1.82, 2.24) is 4.31 Å². The second kappa shape index (κ2) is 6.53. The second-order valence-corrected chi connectivity index (χ2v) is 6.70. The van der Waals surface area contributed by atoms with Gasteiger partial charge in [-0.1, -0.05) is 11.6 Å². The monoisotopic (exact) mass is 321 g/mol. The second-order valence-electron chi connectivity index (χ2n) is 4.26. The molecule has 0 saturated heterocycles. The Kier molecular flexibility index (Phi) is 5.52. The summed E-state index contributed by atoms with van der Waals surface area (Å²) in [7, 11) is -1.24. The zero-order valence-electron chi connectivity index (χ0n) is 11.3. The van der Waals surface area contributed by atoms with Crippen LogP contribution in [0.5, 0.6) is 0 Å². The Hall–Kier alpha value is -1.15. The van der Waals surface area contributed by atoms with Crippen molar-refractivity contribution in [2.24, 2.45) is 0 Å². The molecule has 112 valence electrons. The van der Waals surface area contributed by atoms with Crippen molar-refractivity contribution in [3.05, 3.63) is 28.8 Å². The topological polar surface area (TPSA) is 83.9 Å². The van der Waals surface area contributed by atoms with Crippen LogP contribution in [0.25, 0.3) is 0 Å². The minimum Gasteiger partial charge on any atom is -0.480 e. The van der Waals surface area contributed by atoms with E-state index in [1.165, 1.54) is 33.2 Å². The minimum absolute atomic E-state index is 0.0624. The maximum atomic E-state index is 12.3. The van der Waals surface area contributed by atoms with Crippen LogP contribution in [0.1, 0.15) is 12.5 Å². The fourth-order valence-electron chi connectivity index (χ4n) is 1.55. The SMILES string of the molecule is COCc1cc(Cl)cc(S(=O)(=O)N(C)C(C)C(=O)O)c1. The molecule has 0 aliphatic carbocycles. The highest BCUT2D eigenvalue weighted by molar-refractivity contribution is 7.89. The van der Waals surface area contributed by atoms with Gasteiger partial charge in [-0.15, -0.1) is 0 Å². The van der Waals surface area contributed by atoms with Gasteiger partial charge < -0.3 is 9.84 Å². The Morgan fingerprint density at radius 1 is 1.45 bits per heavy atom. The van der Waals surface area contributed by atoms with Gasteiger partial charge in [0.2, 0.25) is 10.0 Å². The fourth-order valence-corrected chi connectivity index (χ4v) is 3.29. The molecule has 20 heavy (non-hydrogen) atoms. The van der Waals surface area contributed by atoms with Gasteiger partial charge >= 0.3 is 5.97 Å².